The third-order valence-electron chi connectivity index (χ3n) is 2.59. The number of ether oxygens (including phenoxy) is 1. The minimum Gasteiger partial charge on any atom is -0.481 e. The number of carbonyl (C=O) groups excluding carboxylic acids is 2. The molecule has 0 aliphatic rings. The lowest BCUT2D eigenvalue weighted by Crippen LogP contribution is -2.37. The second-order valence-electron chi connectivity index (χ2n) is 4.22. The zero-order valence-electron chi connectivity index (χ0n) is 11.8. The Kier molecular flexibility index (Phi) is 6.32. The summed E-state index contributed by atoms with van der Waals surface area (Å²) in [5, 5.41) is 11.5. The molecule has 21 heavy (non-hydrogen) atoms. The van der Waals surface area contributed by atoms with E-state index in [4.69, 9.17) is 15.6 Å². The zero-order valence-corrected chi connectivity index (χ0v) is 12.7. The van der Waals surface area contributed by atoms with Crippen LogP contribution >= 0.6 is 11.3 Å². The average molecular weight is 314 g/mol. The summed E-state index contributed by atoms with van der Waals surface area (Å²) in [6, 6.07) is 0.478. The number of aliphatic carboxylic acids is 1. The molecule has 1 unspecified atom stereocenters. The molecule has 4 N–H and O–H groups in total. The van der Waals surface area contributed by atoms with Crippen LogP contribution < -0.4 is 11.1 Å². The summed E-state index contributed by atoms with van der Waals surface area (Å²) in [4.78, 5) is 35.1. The van der Waals surface area contributed by atoms with E-state index < -0.39 is 30.3 Å². The summed E-state index contributed by atoms with van der Waals surface area (Å²) in [5.74, 6) is -2.34. The fourth-order valence-electron chi connectivity index (χ4n) is 1.56. The predicted molar refractivity (Wildman–Crippen MR) is 78.5 cm³/mol. The Labute approximate surface area is 126 Å². The molecule has 1 aromatic rings. The van der Waals surface area contributed by atoms with Crippen LogP contribution in [0.15, 0.2) is 6.07 Å². The van der Waals surface area contributed by atoms with Gasteiger partial charge in [0.05, 0.1) is 24.6 Å². The molecule has 1 heterocycles. The van der Waals surface area contributed by atoms with Gasteiger partial charge in [0.2, 0.25) is 5.91 Å². The van der Waals surface area contributed by atoms with Gasteiger partial charge in [-0.15, -0.1) is 11.3 Å². The quantitative estimate of drug-likeness (QED) is 0.651. The molecule has 1 amide bonds. The highest BCUT2D eigenvalue weighted by Crippen LogP contribution is 2.29. The average Bonchev–Trinajstić information content (AvgIpc) is 2.81. The van der Waals surface area contributed by atoms with Crippen LogP contribution in [0.4, 0.5) is 5.00 Å². The second-order valence-corrected chi connectivity index (χ2v) is 5.36. The van der Waals surface area contributed by atoms with E-state index in [2.05, 4.69) is 5.32 Å². The van der Waals surface area contributed by atoms with Crippen molar-refractivity contribution in [2.45, 2.75) is 32.7 Å². The number of nitrogens with two attached hydrogens (primary N) is 1. The molecule has 7 nitrogen and oxygen atoms in total. The van der Waals surface area contributed by atoms with E-state index in [0.29, 0.717) is 11.4 Å². The van der Waals surface area contributed by atoms with Gasteiger partial charge in [-0.05, 0) is 19.4 Å². The highest BCUT2D eigenvalue weighted by Gasteiger charge is 2.22. The number of hydrogen-bond acceptors (Lipinski definition) is 6. The number of carboxylic acids is 1. The van der Waals surface area contributed by atoms with Gasteiger partial charge in [0, 0.05) is 4.88 Å². The predicted octanol–water partition coefficient (Wildman–Crippen LogP) is 1.23. The van der Waals surface area contributed by atoms with Crippen molar-refractivity contribution in [2.75, 3.05) is 11.9 Å². The summed E-state index contributed by atoms with van der Waals surface area (Å²) in [6.45, 7) is 3.83. The number of nitrogens with one attached hydrogen (secondary N) is 1. The number of carbonyl (C=O) groups is 3. The molecule has 0 bridgehead atoms. The van der Waals surface area contributed by atoms with E-state index in [0.717, 1.165) is 4.88 Å². The number of rotatable bonds is 7. The van der Waals surface area contributed by atoms with E-state index in [1.54, 1.807) is 13.0 Å². The summed E-state index contributed by atoms with van der Waals surface area (Å²) in [7, 11) is 0. The standard InChI is InChI=1S/C13H18N2O5S/c1-3-7-5-8(13(19)20-4-2)12(21-7)15-11(18)9(14)6-10(16)17/h5,9H,3-4,6,14H2,1-2H3,(H,15,18)(H,16,17). The van der Waals surface area contributed by atoms with Crippen LogP contribution in [0.5, 0.6) is 0 Å². The van der Waals surface area contributed by atoms with Gasteiger partial charge in [0.15, 0.2) is 0 Å². The largest absolute Gasteiger partial charge is 0.481 e. The maximum absolute atomic E-state index is 11.8. The van der Waals surface area contributed by atoms with Crippen molar-refractivity contribution in [1.29, 1.82) is 0 Å². The highest BCUT2D eigenvalue weighted by molar-refractivity contribution is 7.16. The van der Waals surface area contributed by atoms with Gasteiger partial charge in [-0.25, -0.2) is 4.79 Å². The van der Waals surface area contributed by atoms with Gasteiger partial charge in [-0.1, -0.05) is 6.92 Å². The van der Waals surface area contributed by atoms with Crippen molar-refractivity contribution < 1.29 is 24.2 Å². The van der Waals surface area contributed by atoms with E-state index in [1.165, 1.54) is 11.3 Å². The van der Waals surface area contributed by atoms with E-state index in [9.17, 15) is 14.4 Å². The first-order chi connectivity index (χ1) is 9.88. The summed E-state index contributed by atoms with van der Waals surface area (Å²) < 4.78 is 4.92. The van der Waals surface area contributed by atoms with Gasteiger partial charge in [-0.2, -0.15) is 0 Å². The lowest BCUT2D eigenvalue weighted by Gasteiger charge is -2.10. The Hall–Kier alpha value is -1.93. The van der Waals surface area contributed by atoms with Crippen molar-refractivity contribution in [3.63, 3.8) is 0 Å². The van der Waals surface area contributed by atoms with Crippen molar-refractivity contribution in [1.82, 2.24) is 0 Å². The van der Waals surface area contributed by atoms with Crippen LogP contribution in [0.25, 0.3) is 0 Å². The molecule has 0 saturated heterocycles. The summed E-state index contributed by atoms with van der Waals surface area (Å²) in [5.41, 5.74) is 5.74. The molecule has 0 saturated carbocycles. The first-order valence-corrected chi connectivity index (χ1v) is 7.28. The molecule has 1 atom stereocenters. The van der Waals surface area contributed by atoms with Crippen molar-refractivity contribution in [3.8, 4) is 0 Å². The number of esters is 1. The second kappa shape index (κ2) is 7.75. The third kappa shape index (κ3) is 4.83. The molecule has 8 heteroatoms. The summed E-state index contributed by atoms with van der Waals surface area (Å²) >= 11 is 1.24. The molecule has 0 radical (unpaired) electrons. The van der Waals surface area contributed by atoms with Gasteiger partial charge < -0.3 is 20.9 Å². The van der Waals surface area contributed by atoms with Crippen molar-refractivity contribution in [2.24, 2.45) is 5.73 Å². The normalized spacial score (nSPS) is 11.8. The molecular formula is C13H18N2O5S. The molecule has 0 spiro atoms. The Bertz CT molecular complexity index is 541. The Morgan fingerprint density at radius 1 is 1.43 bits per heavy atom. The number of carboxylic acid groups (broad SMARTS) is 1. The minimum absolute atomic E-state index is 0.224. The van der Waals surface area contributed by atoms with Gasteiger partial charge in [0.25, 0.3) is 0 Å². The zero-order chi connectivity index (χ0) is 16.0. The maximum atomic E-state index is 11.8. The number of thiophene rings is 1. The van der Waals surface area contributed by atoms with E-state index in [-0.39, 0.29) is 12.2 Å². The fraction of sp³-hybridized carbons (Fsp3) is 0.462. The first kappa shape index (κ1) is 17.1. The number of amides is 1. The van der Waals surface area contributed by atoms with Crippen LogP contribution in [-0.2, 0) is 20.7 Å². The Balaban J connectivity index is 2.91. The van der Waals surface area contributed by atoms with Crippen LogP contribution in [0.3, 0.4) is 0 Å². The molecule has 0 fully saturated rings. The van der Waals surface area contributed by atoms with Crippen LogP contribution in [0.1, 0.15) is 35.5 Å². The highest BCUT2D eigenvalue weighted by atomic mass is 32.1. The molecule has 0 aliphatic carbocycles. The number of hydrogen-bond donors (Lipinski definition) is 3. The van der Waals surface area contributed by atoms with Crippen LogP contribution in [0.2, 0.25) is 0 Å². The molecule has 1 rings (SSSR count). The van der Waals surface area contributed by atoms with Gasteiger partial charge >= 0.3 is 11.9 Å². The van der Waals surface area contributed by atoms with Crippen LogP contribution in [-0.4, -0.2) is 35.6 Å². The minimum atomic E-state index is -1.18. The maximum Gasteiger partial charge on any atom is 0.341 e. The molecule has 0 aromatic carbocycles. The number of aryl methyl sites for hydroxylation is 1. The Morgan fingerprint density at radius 3 is 2.62 bits per heavy atom. The lowest BCUT2D eigenvalue weighted by molar-refractivity contribution is -0.138. The smallest absolute Gasteiger partial charge is 0.341 e. The van der Waals surface area contributed by atoms with Crippen molar-refractivity contribution >= 4 is 34.2 Å². The monoisotopic (exact) mass is 314 g/mol. The summed E-state index contributed by atoms with van der Waals surface area (Å²) in [6.07, 6.45) is 0.223. The molecule has 1 aromatic heterocycles. The van der Waals surface area contributed by atoms with Gasteiger partial charge in [-0.3, -0.25) is 9.59 Å². The SMILES string of the molecule is CCOC(=O)c1cc(CC)sc1NC(=O)C(N)CC(=O)O. The topological polar surface area (TPSA) is 119 Å². The van der Waals surface area contributed by atoms with Crippen molar-refractivity contribution in [3.05, 3.63) is 16.5 Å². The molecule has 0 aliphatic heterocycles. The fourth-order valence-corrected chi connectivity index (χ4v) is 2.54. The van der Waals surface area contributed by atoms with E-state index >= 15 is 0 Å². The number of anilines is 1. The third-order valence-corrected chi connectivity index (χ3v) is 3.79. The van der Waals surface area contributed by atoms with E-state index in [1.807, 2.05) is 6.92 Å². The molecular weight excluding hydrogens is 296 g/mol. The van der Waals surface area contributed by atoms with Gasteiger partial charge in [0.1, 0.15) is 5.00 Å². The first-order valence-electron chi connectivity index (χ1n) is 6.47. The molecule has 116 valence electrons. The Morgan fingerprint density at radius 2 is 2.10 bits per heavy atom. The van der Waals surface area contributed by atoms with Crippen LogP contribution in [0, 0.1) is 0 Å². The lowest BCUT2D eigenvalue weighted by atomic mass is 10.2.